The van der Waals surface area contributed by atoms with Crippen LogP contribution >= 0.6 is 0 Å². The molecule has 20 heavy (non-hydrogen) atoms. The number of nitrogens with one attached hydrogen (secondary N) is 1. The Morgan fingerprint density at radius 2 is 1.90 bits per heavy atom. The SMILES string of the molecule is CCC1CCCN(CC2CCC(CNC(C)(C)C)O2)C1. The molecule has 0 aromatic rings. The summed E-state index contributed by atoms with van der Waals surface area (Å²) in [7, 11) is 0. The summed E-state index contributed by atoms with van der Waals surface area (Å²) < 4.78 is 6.22. The predicted octanol–water partition coefficient (Wildman–Crippen LogP) is 3.04. The third-order valence-corrected chi connectivity index (χ3v) is 4.70. The van der Waals surface area contributed by atoms with Crippen molar-refractivity contribution in [1.29, 1.82) is 0 Å². The van der Waals surface area contributed by atoms with Crippen molar-refractivity contribution in [2.75, 3.05) is 26.2 Å². The van der Waals surface area contributed by atoms with Crippen molar-refractivity contribution >= 4 is 0 Å². The highest BCUT2D eigenvalue weighted by molar-refractivity contribution is 4.82. The standard InChI is InChI=1S/C17H34N2O/c1-5-14-7-6-10-19(12-14)13-16-9-8-15(20-16)11-18-17(2,3)4/h14-16,18H,5-13H2,1-4H3. The average molecular weight is 282 g/mol. The highest BCUT2D eigenvalue weighted by Gasteiger charge is 2.29. The van der Waals surface area contributed by atoms with Crippen LogP contribution in [0.4, 0.5) is 0 Å². The fourth-order valence-electron chi connectivity index (χ4n) is 3.42. The van der Waals surface area contributed by atoms with Crippen LogP contribution in [0.3, 0.4) is 0 Å². The third-order valence-electron chi connectivity index (χ3n) is 4.70. The highest BCUT2D eigenvalue weighted by atomic mass is 16.5. The van der Waals surface area contributed by atoms with E-state index in [-0.39, 0.29) is 5.54 Å². The van der Waals surface area contributed by atoms with Crippen LogP contribution in [0.2, 0.25) is 0 Å². The van der Waals surface area contributed by atoms with Crippen molar-refractivity contribution in [1.82, 2.24) is 10.2 Å². The zero-order valence-corrected chi connectivity index (χ0v) is 14.0. The van der Waals surface area contributed by atoms with Gasteiger partial charge in [0.2, 0.25) is 0 Å². The number of ether oxygens (including phenoxy) is 1. The maximum atomic E-state index is 6.22. The Labute approximate surface area is 125 Å². The molecule has 2 heterocycles. The minimum atomic E-state index is 0.197. The molecule has 0 amide bonds. The zero-order chi connectivity index (χ0) is 14.6. The second-order valence-electron chi connectivity index (χ2n) is 7.76. The first-order valence-electron chi connectivity index (χ1n) is 8.59. The van der Waals surface area contributed by atoms with Crippen LogP contribution in [-0.4, -0.2) is 48.8 Å². The van der Waals surface area contributed by atoms with E-state index in [0.717, 1.165) is 19.0 Å². The molecule has 2 saturated heterocycles. The van der Waals surface area contributed by atoms with Crippen LogP contribution in [-0.2, 0) is 4.74 Å². The van der Waals surface area contributed by atoms with E-state index in [1.54, 1.807) is 0 Å². The molecule has 2 aliphatic heterocycles. The lowest BCUT2D eigenvalue weighted by Crippen LogP contribution is -2.42. The molecule has 3 heteroatoms. The summed E-state index contributed by atoms with van der Waals surface area (Å²) in [5, 5.41) is 3.57. The van der Waals surface area contributed by atoms with Gasteiger partial charge in [-0.25, -0.2) is 0 Å². The Hall–Kier alpha value is -0.120. The van der Waals surface area contributed by atoms with Gasteiger partial charge >= 0.3 is 0 Å². The largest absolute Gasteiger partial charge is 0.372 e. The molecule has 1 N–H and O–H groups in total. The smallest absolute Gasteiger partial charge is 0.0707 e. The van der Waals surface area contributed by atoms with Gasteiger partial charge in [0.25, 0.3) is 0 Å². The summed E-state index contributed by atoms with van der Waals surface area (Å²) in [5.41, 5.74) is 0.197. The van der Waals surface area contributed by atoms with Crippen molar-refractivity contribution in [2.24, 2.45) is 5.92 Å². The molecule has 0 bridgehead atoms. The second-order valence-corrected chi connectivity index (χ2v) is 7.76. The number of nitrogens with zero attached hydrogens (tertiary/aromatic N) is 1. The molecule has 0 aromatic heterocycles. The molecular formula is C17H34N2O. The van der Waals surface area contributed by atoms with E-state index in [2.05, 4.69) is 37.9 Å². The lowest BCUT2D eigenvalue weighted by Gasteiger charge is -2.33. The van der Waals surface area contributed by atoms with Gasteiger partial charge in [-0.3, -0.25) is 0 Å². The molecule has 3 atom stereocenters. The zero-order valence-electron chi connectivity index (χ0n) is 14.0. The molecule has 0 aromatic carbocycles. The predicted molar refractivity (Wildman–Crippen MR) is 85.1 cm³/mol. The molecule has 2 aliphatic rings. The summed E-state index contributed by atoms with van der Waals surface area (Å²) in [5.74, 6) is 0.920. The van der Waals surface area contributed by atoms with Crippen molar-refractivity contribution < 1.29 is 4.74 Å². The molecule has 118 valence electrons. The van der Waals surface area contributed by atoms with Gasteiger partial charge in [0, 0.05) is 25.2 Å². The Balaban J connectivity index is 1.68. The molecule has 0 spiro atoms. The lowest BCUT2D eigenvalue weighted by atomic mass is 9.95. The first-order valence-corrected chi connectivity index (χ1v) is 8.59. The maximum absolute atomic E-state index is 6.22. The van der Waals surface area contributed by atoms with Crippen LogP contribution in [0.1, 0.15) is 59.8 Å². The van der Waals surface area contributed by atoms with Gasteiger partial charge < -0.3 is 15.0 Å². The van der Waals surface area contributed by atoms with Gasteiger partial charge in [-0.2, -0.15) is 0 Å². The molecule has 0 aliphatic carbocycles. The summed E-state index contributed by atoms with van der Waals surface area (Å²) in [6, 6.07) is 0. The van der Waals surface area contributed by atoms with Gasteiger partial charge in [-0.05, 0) is 58.9 Å². The van der Waals surface area contributed by atoms with E-state index >= 15 is 0 Å². The van der Waals surface area contributed by atoms with Gasteiger partial charge in [0.15, 0.2) is 0 Å². The molecule has 2 fully saturated rings. The summed E-state index contributed by atoms with van der Waals surface area (Å²) in [6.07, 6.45) is 7.49. The van der Waals surface area contributed by atoms with Gasteiger partial charge in [0.1, 0.15) is 0 Å². The summed E-state index contributed by atoms with van der Waals surface area (Å²) in [6.45, 7) is 13.7. The van der Waals surface area contributed by atoms with E-state index in [4.69, 9.17) is 4.74 Å². The van der Waals surface area contributed by atoms with Crippen molar-refractivity contribution in [2.45, 2.75) is 77.5 Å². The van der Waals surface area contributed by atoms with E-state index in [9.17, 15) is 0 Å². The van der Waals surface area contributed by atoms with Gasteiger partial charge in [0.05, 0.1) is 12.2 Å². The Bertz CT molecular complexity index is 287. The van der Waals surface area contributed by atoms with Crippen molar-refractivity contribution in [3.05, 3.63) is 0 Å². The molecular weight excluding hydrogens is 248 g/mol. The van der Waals surface area contributed by atoms with E-state index in [1.807, 2.05) is 0 Å². The number of hydrogen-bond acceptors (Lipinski definition) is 3. The quantitative estimate of drug-likeness (QED) is 0.839. The highest BCUT2D eigenvalue weighted by Crippen LogP contribution is 2.24. The molecule has 2 rings (SSSR count). The lowest BCUT2D eigenvalue weighted by molar-refractivity contribution is 0.0126. The topological polar surface area (TPSA) is 24.5 Å². The van der Waals surface area contributed by atoms with E-state index in [1.165, 1.54) is 45.2 Å². The van der Waals surface area contributed by atoms with Gasteiger partial charge in [-0.15, -0.1) is 0 Å². The Kier molecular flexibility index (Phi) is 5.88. The second kappa shape index (κ2) is 7.24. The molecule has 3 unspecified atom stereocenters. The average Bonchev–Trinajstić information content (AvgIpc) is 2.83. The Morgan fingerprint density at radius 1 is 1.15 bits per heavy atom. The normalized spacial score (nSPS) is 32.7. The molecule has 0 radical (unpaired) electrons. The first kappa shape index (κ1) is 16.3. The van der Waals surface area contributed by atoms with Crippen LogP contribution < -0.4 is 5.32 Å². The monoisotopic (exact) mass is 282 g/mol. The van der Waals surface area contributed by atoms with E-state index < -0.39 is 0 Å². The Morgan fingerprint density at radius 3 is 2.60 bits per heavy atom. The molecule has 3 nitrogen and oxygen atoms in total. The summed E-state index contributed by atoms with van der Waals surface area (Å²) in [4.78, 5) is 2.64. The van der Waals surface area contributed by atoms with Crippen LogP contribution in [0, 0.1) is 5.92 Å². The van der Waals surface area contributed by atoms with Crippen LogP contribution in [0.15, 0.2) is 0 Å². The first-order chi connectivity index (χ1) is 9.46. The fraction of sp³-hybridized carbons (Fsp3) is 1.00. The number of piperidine rings is 1. The minimum absolute atomic E-state index is 0.197. The third kappa shape index (κ3) is 5.34. The van der Waals surface area contributed by atoms with Crippen LogP contribution in [0.25, 0.3) is 0 Å². The number of likely N-dealkylation sites (tertiary alicyclic amines) is 1. The van der Waals surface area contributed by atoms with Gasteiger partial charge in [-0.1, -0.05) is 13.3 Å². The van der Waals surface area contributed by atoms with Crippen molar-refractivity contribution in [3.63, 3.8) is 0 Å². The van der Waals surface area contributed by atoms with Crippen LogP contribution in [0.5, 0.6) is 0 Å². The van der Waals surface area contributed by atoms with Crippen molar-refractivity contribution in [3.8, 4) is 0 Å². The minimum Gasteiger partial charge on any atom is -0.372 e. The van der Waals surface area contributed by atoms with E-state index in [0.29, 0.717) is 12.2 Å². The number of hydrogen-bond donors (Lipinski definition) is 1. The number of rotatable bonds is 5. The fourth-order valence-corrected chi connectivity index (χ4v) is 3.42. The maximum Gasteiger partial charge on any atom is 0.0707 e. The molecule has 0 saturated carbocycles. The summed E-state index contributed by atoms with van der Waals surface area (Å²) >= 11 is 0.